The first kappa shape index (κ1) is 25.6. The van der Waals surface area contributed by atoms with Crippen LogP contribution in [-0.2, 0) is 9.53 Å². The number of halogens is 1. The molecule has 0 aromatic heterocycles. The molecule has 0 saturated carbocycles. The van der Waals surface area contributed by atoms with Gasteiger partial charge >= 0.3 is 6.09 Å². The third-order valence-corrected chi connectivity index (χ3v) is 11.3. The van der Waals surface area contributed by atoms with Gasteiger partial charge in [0.1, 0.15) is 17.4 Å². The van der Waals surface area contributed by atoms with Gasteiger partial charge in [0.2, 0.25) is 14.2 Å². The second-order valence-electron chi connectivity index (χ2n) is 11.1. The fourth-order valence-electron chi connectivity index (χ4n) is 3.52. The van der Waals surface area contributed by atoms with Crippen LogP contribution >= 0.6 is 15.9 Å². The third-order valence-electron chi connectivity index (χ3n) is 6.28. The molecular formula is C25H35BrN2O4Si. The van der Waals surface area contributed by atoms with Crippen LogP contribution < -0.4 is 14.6 Å². The minimum Gasteiger partial charge on any atom is -0.543 e. The Morgan fingerprint density at radius 2 is 1.76 bits per heavy atom. The molecule has 2 aromatic rings. The summed E-state index contributed by atoms with van der Waals surface area (Å²) in [5.41, 5.74) is 0.195. The number of ether oxygens (including phenoxy) is 1. The molecule has 3 rings (SSSR count). The molecule has 6 nitrogen and oxygen atoms in total. The maximum atomic E-state index is 13.2. The van der Waals surface area contributed by atoms with Crippen LogP contribution in [0.1, 0.15) is 48.0 Å². The van der Waals surface area contributed by atoms with Gasteiger partial charge in [0, 0.05) is 16.4 Å². The first-order valence-corrected chi connectivity index (χ1v) is 15.0. The van der Waals surface area contributed by atoms with Gasteiger partial charge in [-0.1, -0.05) is 36.7 Å². The smallest absolute Gasteiger partial charge is 0.408 e. The van der Waals surface area contributed by atoms with E-state index in [2.05, 4.69) is 55.1 Å². The van der Waals surface area contributed by atoms with E-state index in [9.17, 15) is 9.59 Å². The van der Waals surface area contributed by atoms with Crippen molar-refractivity contribution >= 4 is 52.7 Å². The van der Waals surface area contributed by atoms with Crippen LogP contribution in [0.25, 0.3) is 10.8 Å². The number of amides is 2. The first-order valence-electron chi connectivity index (χ1n) is 11.3. The second-order valence-corrected chi connectivity index (χ2v) is 16.7. The van der Waals surface area contributed by atoms with Crippen molar-refractivity contribution in [1.82, 2.24) is 5.32 Å². The fourth-order valence-corrected chi connectivity index (χ4v) is 5.02. The highest BCUT2D eigenvalue weighted by Crippen LogP contribution is 2.40. The zero-order valence-electron chi connectivity index (χ0n) is 20.8. The number of alkyl carbamates (subject to hydrolysis) is 1. The normalized spacial score (nSPS) is 17.4. The molecule has 0 radical (unpaired) electrons. The molecule has 1 saturated heterocycles. The van der Waals surface area contributed by atoms with Crippen LogP contribution in [0.3, 0.4) is 0 Å². The van der Waals surface area contributed by atoms with E-state index in [4.69, 9.17) is 9.16 Å². The number of benzene rings is 2. The molecule has 1 fully saturated rings. The summed E-state index contributed by atoms with van der Waals surface area (Å²) in [6.07, 6.45) is -0.0519. The van der Waals surface area contributed by atoms with E-state index >= 15 is 0 Å². The minimum atomic E-state index is -2.01. The summed E-state index contributed by atoms with van der Waals surface area (Å²) in [5.74, 6) is 0.670. The lowest BCUT2D eigenvalue weighted by atomic mass is 10.1. The summed E-state index contributed by atoms with van der Waals surface area (Å²) in [4.78, 5) is 27.1. The average Bonchev–Trinajstić information content (AvgIpc) is 2.99. The number of carbonyl (C=O) groups excluding carboxylic acids is 2. The van der Waals surface area contributed by atoms with Gasteiger partial charge in [0.05, 0.1) is 5.69 Å². The monoisotopic (exact) mass is 534 g/mol. The summed E-state index contributed by atoms with van der Waals surface area (Å²) in [7, 11) is -2.01. The lowest BCUT2D eigenvalue weighted by Gasteiger charge is -2.36. The molecule has 1 atom stereocenters. The Labute approximate surface area is 206 Å². The predicted molar refractivity (Wildman–Crippen MR) is 140 cm³/mol. The van der Waals surface area contributed by atoms with Gasteiger partial charge in [0.15, 0.2) is 0 Å². The summed E-state index contributed by atoms with van der Waals surface area (Å²) in [6, 6.07) is 9.34. The van der Waals surface area contributed by atoms with Crippen molar-refractivity contribution in [3.63, 3.8) is 0 Å². The van der Waals surface area contributed by atoms with Crippen LogP contribution in [0.15, 0.2) is 34.8 Å². The van der Waals surface area contributed by atoms with Gasteiger partial charge in [0.25, 0.3) is 0 Å². The maximum absolute atomic E-state index is 13.2. The molecule has 1 N–H and O–H groups in total. The predicted octanol–water partition coefficient (Wildman–Crippen LogP) is 6.62. The van der Waals surface area contributed by atoms with E-state index in [1.54, 1.807) is 25.7 Å². The van der Waals surface area contributed by atoms with Crippen molar-refractivity contribution in [3.05, 3.63) is 34.8 Å². The van der Waals surface area contributed by atoms with E-state index in [-0.39, 0.29) is 10.9 Å². The highest BCUT2D eigenvalue weighted by atomic mass is 79.9. The third kappa shape index (κ3) is 5.72. The van der Waals surface area contributed by atoms with Crippen molar-refractivity contribution in [3.8, 4) is 5.75 Å². The number of nitrogens with one attached hydrogen (secondary N) is 1. The van der Waals surface area contributed by atoms with Crippen LogP contribution in [-0.4, -0.2) is 38.5 Å². The van der Waals surface area contributed by atoms with E-state index in [1.165, 1.54) is 0 Å². The molecule has 1 aliphatic heterocycles. The van der Waals surface area contributed by atoms with Crippen molar-refractivity contribution < 1.29 is 18.8 Å². The highest BCUT2D eigenvalue weighted by Gasteiger charge is 2.39. The van der Waals surface area contributed by atoms with Crippen molar-refractivity contribution in [2.75, 3.05) is 11.4 Å². The molecule has 33 heavy (non-hydrogen) atoms. The van der Waals surface area contributed by atoms with Crippen LogP contribution in [0, 0.1) is 0 Å². The average molecular weight is 536 g/mol. The van der Waals surface area contributed by atoms with E-state index in [0.29, 0.717) is 13.0 Å². The van der Waals surface area contributed by atoms with Gasteiger partial charge in [-0.05, 0) is 81.0 Å². The lowest BCUT2D eigenvalue weighted by molar-refractivity contribution is -0.118. The number of rotatable bonds is 4. The van der Waals surface area contributed by atoms with Crippen LogP contribution in [0.5, 0.6) is 5.75 Å². The molecule has 8 heteroatoms. The van der Waals surface area contributed by atoms with E-state index in [0.717, 1.165) is 26.7 Å². The van der Waals surface area contributed by atoms with Gasteiger partial charge in [-0.2, -0.15) is 0 Å². The molecule has 0 unspecified atom stereocenters. The molecule has 2 aromatic carbocycles. The van der Waals surface area contributed by atoms with Crippen molar-refractivity contribution in [1.29, 1.82) is 0 Å². The Balaban J connectivity index is 1.91. The number of carbonyl (C=O) groups is 2. The molecule has 180 valence electrons. The lowest BCUT2D eigenvalue weighted by Crippen LogP contribution is -2.44. The summed E-state index contributed by atoms with van der Waals surface area (Å²) in [5, 5.41) is 4.74. The van der Waals surface area contributed by atoms with Crippen molar-refractivity contribution in [2.45, 2.75) is 77.7 Å². The molecular weight excluding hydrogens is 500 g/mol. The standard InChI is InChI=1S/C25H35BrN2O4Si/c1-24(2,3)31-23(30)27-20-13-14-28(22(20)29)21-12-11-19(26)17-10-9-16(15-18(17)21)32-33(7,8)25(4,5)6/h9-12,15,20H,13-14H2,1-8H3,(H,27,30)/t20-/m1/s1. The van der Waals surface area contributed by atoms with Gasteiger partial charge in [-0.15, -0.1) is 0 Å². The highest BCUT2D eigenvalue weighted by molar-refractivity contribution is 9.10. The summed E-state index contributed by atoms with van der Waals surface area (Å²) in [6.45, 7) is 17.0. The fraction of sp³-hybridized carbons (Fsp3) is 0.520. The largest absolute Gasteiger partial charge is 0.543 e. The molecule has 0 bridgehead atoms. The van der Waals surface area contributed by atoms with E-state index in [1.807, 2.05) is 30.3 Å². The molecule has 0 spiro atoms. The molecule has 2 amide bonds. The van der Waals surface area contributed by atoms with Gasteiger partial charge in [-0.25, -0.2) is 4.79 Å². The maximum Gasteiger partial charge on any atom is 0.408 e. The number of anilines is 1. The number of hydrogen-bond acceptors (Lipinski definition) is 4. The topological polar surface area (TPSA) is 67.9 Å². The molecule has 1 aliphatic rings. The van der Waals surface area contributed by atoms with Crippen LogP contribution in [0.4, 0.5) is 10.5 Å². The Morgan fingerprint density at radius 3 is 2.36 bits per heavy atom. The number of fused-ring (bicyclic) bond motifs is 1. The Hall–Kier alpha value is -2.06. The van der Waals surface area contributed by atoms with Crippen molar-refractivity contribution in [2.24, 2.45) is 0 Å². The minimum absolute atomic E-state index is 0.0769. The summed E-state index contributed by atoms with van der Waals surface area (Å²) >= 11 is 3.64. The Morgan fingerprint density at radius 1 is 1.09 bits per heavy atom. The zero-order valence-corrected chi connectivity index (χ0v) is 23.4. The van der Waals surface area contributed by atoms with Gasteiger partial charge < -0.3 is 19.4 Å². The number of hydrogen-bond donors (Lipinski definition) is 1. The zero-order chi connectivity index (χ0) is 24.8. The Kier molecular flexibility index (Phi) is 6.93. The number of nitrogens with zero attached hydrogens (tertiary/aromatic N) is 1. The van der Waals surface area contributed by atoms with Crippen LogP contribution in [0.2, 0.25) is 18.1 Å². The Bertz CT molecular complexity index is 1070. The molecule has 0 aliphatic carbocycles. The summed E-state index contributed by atoms with van der Waals surface area (Å²) < 4.78 is 12.8. The van der Waals surface area contributed by atoms with E-state index < -0.39 is 26.1 Å². The second kappa shape index (κ2) is 8.95. The van der Waals surface area contributed by atoms with Gasteiger partial charge in [-0.3, -0.25) is 4.79 Å². The first-order chi connectivity index (χ1) is 15.1. The quantitative estimate of drug-likeness (QED) is 0.447. The SMILES string of the molecule is CC(C)(C)OC(=O)N[C@@H]1CCN(c2ccc(Br)c3ccc(O[Si](C)(C)C(C)(C)C)cc23)C1=O. The molecule has 1 heterocycles.